The molecule has 0 radical (unpaired) electrons. The summed E-state index contributed by atoms with van der Waals surface area (Å²) in [6.07, 6.45) is 0. The number of nitro groups is 1. The molecule has 0 saturated carbocycles. The lowest BCUT2D eigenvalue weighted by atomic mass is 10.1. The first-order valence-electron chi connectivity index (χ1n) is 8.16. The topological polar surface area (TPSA) is 118 Å². The highest BCUT2D eigenvalue weighted by Gasteiger charge is 2.19. The smallest absolute Gasteiger partial charge is 0.277 e. The number of aromatic nitrogens is 2. The molecule has 2 heterocycles. The van der Waals surface area contributed by atoms with Gasteiger partial charge in [0.05, 0.1) is 10.7 Å². The number of fused-ring (bicyclic) bond motifs is 1. The van der Waals surface area contributed by atoms with Crippen LogP contribution in [0.2, 0.25) is 0 Å². The number of rotatable bonds is 6. The fourth-order valence-corrected chi connectivity index (χ4v) is 3.26. The molecule has 142 valence electrons. The summed E-state index contributed by atoms with van der Waals surface area (Å²) in [7, 11) is 0. The Morgan fingerprint density at radius 2 is 2.00 bits per heavy atom. The third kappa shape index (κ3) is 3.54. The Kier molecular flexibility index (Phi) is 4.70. The molecule has 1 aromatic heterocycles. The number of nitrogens with zero attached hydrogens (tertiary/aromatic N) is 3. The first-order chi connectivity index (χ1) is 13.5. The summed E-state index contributed by atoms with van der Waals surface area (Å²) in [6.45, 7) is 1.79. The monoisotopic (exact) mass is 399 g/mol. The highest BCUT2D eigenvalue weighted by atomic mass is 32.2. The molecule has 4 rings (SSSR count). The van der Waals surface area contributed by atoms with Crippen molar-refractivity contribution in [3.05, 3.63) is 57.6 Å². The Bertz CT molecular complexity index is 1080. The maximum Gasteiger partial charge on any atom is 0.277 e. The zero-order valence-electron chi connectivity index (χ0n) is 14.6. The van der Waals surface area contributed by atoms with Crippen LogP contribution in [0.5, 0.6) is 11.5 Å². The second kappa shape index (κ2) is 7.31. The lowest BCUT2D eigenvalue weighted by Crippen LogP contribution is -2.04. The summed E-state index contributed by atoms with van der Waals surface area (Å²) >= 11 is 1.07. The van der Waals surface area contributed by atoms with E-state index in [1.165, 1.54) is 6.07 Å². The second-order valence-corrected chi connectivity index (χ2v) is 6.84. The van der Waals surface area contributed by atoms with E-state index in [4.69, 9.17) is 13.9 Å². The van der Waals surface area contributed by atoms with Gasteiger partial charge in [0.1, 0.15) is 0 Å². The van der Waals surface area contributed by atoms with E-state index in [1.54, 1.807) is 37.3 Å². The number of Topliss-reactive ketones (excluding diaryl/α,β-unsaturated/α-hetero) is 1. The number of nitro benzene ring substituents is 1. The molecule has 0 spiro atoms. The second-order valence-electron chi connectivity index (χ2n) is 5.91. The van der Waals surface area contributed by atoms with Crippen molar-refractivity contribution in [3.8, 4) is 23.0 Å². The fraction of sp³-hybridized carbons (Fsp3) is 0.167. The minimum absolute atomic E-state index is 0.0169. The van der Waals surface area contributed by atoms with Crippen molar-refractivity contribution >= 4 is 23.2 Å². The molecule has 0 N–H and O–H groups in total. The summed E-state index contributed by atoms with van der Waals surface area (Å²) in [5.41, 5.74) is 1.35. The van der Waals surface area contributed by atoms with Crippen molar-refractivity contribution < 1.29 is 23.6 Å². The van der Waals surface area contributed by atoms with Gasteiger partial charge in [-0.1, -0.05) is 23.9 Å². The number of aryl methyl sites for hydroxylation is 1. The van der Waals surface area contributed by atoms with Crippen LogP contribution in [0, 0.1) is 17.0 Å². The van der Waals surface area contributed by atoms with Crippen LogP contribution in [0.25, 0.3) is 11.5 Å². The Morgan fingerprint density at radius 3 is 2.82 bits per heavy atom. The zero-order chi connectivity index (χ0) is 19.7. The Morgan fingerprint density at radius 1 is 1.18 bits per heavy atom. The van der Waals surface area contributed by atoms with Gasteiger partial charge in [-0.2, -0.15) is 0 Å². The van der Waals surface area contributed by atoms with Crippen LogP contribution in [-0.2, 0) is 0 Å². The molecule has 9 nitrogen and oxygen atoms in total. The number of hydrogen-bond acceptors (Lipinski definition) is 9. The van der Waals surface area contributed by atoms with Crippen LogP contribution >= 0.6 is 11.8 Å². The van der Waals surface area contributed by atoms with Crippen molar-refractivity contribution in [3.63, 3.8) is 0 Å². The van der Waals surface area contributed by atoms with Gasteiger partial charge >= 0.3 is 0 Å². The van der Waals surface area contributed by atoms with Gasteiger partial charge in [0.2, 0.25) is 12.7 Å². The number of ether oxygens (including phenoxy) is 2. The molecule has 10 heteroatoms. The van der Waals surface area contributed by atoms with E-state index in [-0.39, 0.29) is 34.8 Å². The lowest BCUT2D eigenvalue weighted by molar-refractivity contribution is -0.385. The maximum absolute atomic E-state index is 12.3. The average molecular weight is 399 g/mol. The van der Waals surface area contributed by atoms with E-state index in [0.717, 1.165) is 11.8 Å². The molecule has 0 aliphatic carbocycles. The van der Waals surface area contributed by atoms with Gasteiger partial charge in [-0.15, -0.1) is 10.2 Å². The van der Waals surface area contributed by atoms with Gasteiger partial charge in [0.25, 0.3) is 10.9 Å². The Hall–Kier alpha value is -3.40. The fourth-order valence-electron chi connectivity index (χ4n) is 2.60. The third-order valence-electron chi connectivity index (χ3n) is 4.08. The van der Waals surface area contributed by atoms with Crippen LogP contribution in [0.1, 0.15) is 15.9 Å². The minimum atomic E-state index is -0.505. The highest BCUT2D eigenvalue weighted by Crippen LogP contribution is 2.36. The molecule has 0 amide bonds. The van der Waals surface area contributed by atoms with E-state index >= 15 is 0 Å². The first-order valence-corrected chi connectivity index (χ1v) is 9.14. The zero-order valence-corrected chi connectivity index (χ0v) is 15.4. The van der Waals surface area contributed by atoms with Crippen molar-refractivity contribution in [2.24, 2.45) is 0 Å². The van der Waals surface area contributed by atoms with Crippen molar-refractivity contribution in [2.75, 3.05) is 12.5 Å². The molecule has 1 aliphatic rings. The average Bonchev–Trinajstić information content (AvgIpc) is 3.34. The molecule has 0 bridgehead atoms. The number of ketones is 1. The molecule has 2 aromatic carbocycles. The van der Waals surface area contributed by atoms with Crippen LogP contribution in [0.4, 0.5) is 5.69 Å². The molecule has 1 aliphatic heterocycles. The van der Waals surface area contributed by atoms with Gasteiger partial charge in [-0.05, 0) is 25.1 Å². The molecule has 28 heavy (non-hydrogen) atoms. The predicted octanol–water partition coefficient (Wildman–Crippen LogP) is 3.66. The first kappa shape index (κ1) is 18.0. The van der Waals surface area contributed by atoms with E-state index in [9.17, 15) is 14.9 Å². The summed E-state index contributed by atoms with van der Waals surface area (Å²) in [4.78, 5) is 22.9. The molecule has 3 aromatic rings. The maximum atomic E-state index is 12.3. The molecular formula is C18H13N3O6S. The molecule has 0 atom stereocenters. The van der Waals surface area contributed by atoms with Gasteiger partial charge in [0, 0.05) is 22.8 Å². The summed E-state index contributed by atoms with van der Waals surface area (Å²) < 4.78 is 16.2. The number of carbonyl (C=O) groups is 1. The van der Waals surface area contributed by atoms with Crippen molar-refractivity contribution in [2.45, 2.75) is 12.1 Å². The molecule has 0 unspecified atom stereocenters. The van der Waals surface area contributed by atoms with Gasteiger partial charge in [0.15, 0.2) is 17.3 Å². The largest absolute Gasteiger partial charge is 0.454 e. The predicted molar refractivity (Wildman–Crippen MR) is 98.7 cm³/mol. The summed E-state index contributed by atoms with van der Waals surface area (Å²) in [6, 6.07) is 9.66. The Balaban J connectivity index is 1.44. The highest BCUT2D eigenvalue weighted by molar-refractivity contribution is 7.99. The number of carbonyl (C=O) groups excluding carboxylic acids is 1. The van der Waals surface area contributed by atoms with E-state index < -0.39 is 4.92 Å². The van der Waals surface area contributed by atoms with Crippen LogP contribution < -0.4 is 9.47 Å². The van der Waals surface area contributed by atoms with Crippen LogP contribution in [-0.4, -0.2) is 33.4 Å². The van der Waals surface area contributed by atoms with Gasteiger partial charge in [-0.25, -0.2) is 0 Å². The normalized spacial score (nSPS) is 12.2. The van der Waals surface area contributed by atoms with E-state index in [0.29, 0.717) is 28.5 Å². The summed E-state index contributed by atoms with van der Waals surface area (Å²) in [5, 5.41) is 19.2. The van der Waals surface area contributed by atoms with Gasteiger partial charge < -0.3 is 13.9 Å². The quantitative estimate of drug-likeness (QED) is 0.265. The minimum Gasteiger partial charge on any atom is -0.454 e. The summed E-state index contributed by atoms with van der Waals surface area (Å²) in [5.74, 6) is 1.29. The number of hydrogen-bond donors (Lipinski definition) is 0. The molecular weight excluding hydrogens is 386 g/mol. The van der Waals surface area contributed by atoms with E-state index in [1.807, 2.05) is 0 Å². The number of thioether (sulfide) groups is 1. The van der Waals surface area contributed by atoms with E-state index in [2.05, 4.69) is 10.2 Å². The number of benzene rings is 2. The molecule has 0 fully saturated rings. The van der Waals surface area contributed by atoms with Gasteiger partial charge in [-0.3, -0.25) is 14.9 Å². The van der Waals surface area contributed by atoms with Crippen molar-refractivity contribution in [1.29, 1.82) is 0 Å². The third-order valence-corrected chi connectivity index (χ3v) is 4.90. The Labute approximate surface area is 162 Å². The lowest BCUT2D eigenvalue weighted by Gasteiger charge is -2.01. The molecule has 0 saturated heterocycles. The van der Waals surface area contributed by atoms with Crippen molar-refractivity contribution in [1.82, 2.24) is 10.2 Å². The SMILES string of the molecule is Cc1ccc(C(=O)CSc2nnc(-c3ccc4c(c3)OCO4)o2)cc1[N+](=O)[O-]. The van der Waals surface area contributed by atoms with Crippen LogP contribution in [0.3, 0.4) is 0 Å². The standard InChI is InChI=1S/C18H13N3O6S/c1-10-2-3-11(6-13(10)21(23)24)14(22)8-28-18-20-19-17(27-18)12-4-5-15-16(7-12)26-9-25-15/h2-7H,8-9H2,1H3. The van der Waals surface area contributed by atoms with Crippen LogP contribution in [0.15, 0.2) is 46.0 Å².